The topological polar surface area (TPSA) is 73.9 Å². The summed E-state index contributed by atoms with van der Waals surface area (Å²) < 4.78 is 15.7. The molecule has 136 valence electrons. The molecular weight excluding hydrogens is 358 g/mol. The molecule has 6 nitrogen and oxygen atoms in total. The minimum Gasteiger partial charge on any atom is -0.454 e. The fourth-order valence-corrected chi connectivity index (χ4v) is 2.57. The number of carbonyl (C=O) groups excluding carboxylic acids is 2. The number of hydrogen-bond donors (Lipinski definition) is 1. The predicted octanol–water partition coefficient (Wildman–Crippen LogP) is 2.86. The first kappa shape index (κ1) is 18.1. The van der Waals surface area contributed by atoms with Crippen molar-refractivity contribution in [3.8, 4) is 11.5 Å². The number of ether oxygens (including phenoxy) is 3. The van der Waals surface area contributed by atoms with E-state index >= 15 is 0 Å². The zero-order chi connectivity index (χ0) is 18.5. The van der Waals surface area contributed by atoms with Crippen LogP contribution in [0, 0.1) is 0 Å². The fraction of sp³-hybridized carbons (Fsp3) is 0.263. The third kappa shape index (κ3) is 4.67. The summed E-state index contributed by atoms with van der Waals surface area (Å²) >= 11 is 5.81. The quantitative estimate of drug-likeness (QED) is 0.786. The van der Waals surface area contributed by atoms with E-state index in [1.807, 2.05) is 6.07 Å². The van der Waals surface area contributed by atoms with Crippen LogP contribution in [0.1, 0.15) is 18.1 Å². The van der Waals surface area contributed by atoms with E-state index in [4.69, 9.17) is 25.8 Å². The highest BCUT2D eigenvalue weighted by Crippen LogP contribution is 2.32. The highest BCUT2D eigenvalue weighted by Gasteiger charge is 2.18. The maximum Gasteiger partial charge on any atom is 0.311 e. The Labute approximate surface area is 156 Å². The molecule has 0 radical (unpaired) electrons. The molecule has 0 saturated heterocycles. The third-order valence-electron chi connectivity index (χ3n) is 3.84. The number of amides is 1. The van der Waals surface area contributed by atoms with Gasteiger partial charge in [0.2, 0.25) is 6.79 Å². The number of fused-ring (bicyclic) bond motifs is 1. The molecule has 1 atom stereocenters. The molecule has 0 aliphatic carbocycles. The van der Waals surface area contributed by atoms with E-state index in [1.54, 1.807) is 36.4 Å². The molecule has 0 aromatic heterocycles. The van der Waals surface area contributed by atoms with Crippen molar-refractivity contribution in [3.63, 3.8) is 0 Å². The van der Waals surface area contributed by atoms with Gasteiger partial charge in [0.25, 0.3) is 5.91 Å². The Bertz CT molecular complexity index is 806. The molecule has 2 aromatic rings. The van der Waals surface area contributed by atoms with E-state index in [1.165, 1.54) is 6.92 Å². The van der Waals surface area contributed by atoms with Gasteiger partial charge in [0.1, 0.15) is 0 Å². The highest BCUT2D eigenvalue weighted by atomic mass is 35.5. The first-order chi connectivity index (χ1) is 12.5. The molecule has 0 saturated carbocycles. The maximum atomic E-state index is 12.1. The summed E-state index contributed by atoms with van der Waals surface area (Å²) in [5.41, 5.74) is 1.63. The van der Waals surface area contributed by atoms with Crippen LogP contribution in [0.15, 0.2) is 42.5 Å². The van der Waals surface area contributed by atoms with Gasteiger partial charge in [-0.3, -0.25) is 9.59 Å². The lowest BCUT2D eigenvalue weighted by molar-refractivity contribution is -0.154. The van der Waals surface area contributed by atoms with Crippen LogP contribution in [0.5, 0.6) is 11.5 Å². The number of carbonyl (C=O) groups is 2. The zero-order valence-electron chi connectivity index (χ0n) is 14.2. The Kier molecular flexibility index (Phi) is 5.63. The standard InChI is InChI=1S/C19H18ClNO5/c1-12(26-18(22)9-13-2-5-15(20)6-3-13)19(23)21-10-14-4-7-16-17(8-14)25-11-24-16/h2-8,12H,9-11H2,1H3,(H,21,23). The Morgan fingerprint density at radius 1 is 1.12 bits per heavy atom. The molecular formula is C19H18ClNO5. The van der Waals surface area contributed by atoms with Crippen LogP contribution < -0.4 is 14.8 Å². The number of nitrogens with one attached hydrogen (secondary N) is 1. The van der Waals surface area contributed by atoms with Crippen molar-refractivity contribution in [1.29, 1.82) is 0 Å². The second kappa shape index (κ2) is 8.10. The average Bonchev–Trinajstić information content (AvgIpc) is 3.09. The number of halogens is 1. The molecule has 0 spiro atoms. The number of hydrogen-bond acceptors (Lipinski definition) is 5. The molecule has 1 amide bonds. The van der Waals surface area contributed by atoms with Crippen LogP contribution in [0.3, 0.4) is 0 Å². The Morgan fingerprint density at radius 3 is 2.58 bits per heavy atom. The number of esters is 1. The molecule has 1 N–H and O–H groups in total. The van der Waals surface area contributed by atoms with E-state index in [9.17, 15) is 9.59 Å². The molecule has 0 fully saturated rings. The van der Waals surface area contributed by atoms with Crippen LogP contribution in [0.4, 0.5) is 0 Å². The third-order valence-corrected chi connectivity index (χ3v) is 4.09. The summed E-state index contributed by atoms with van der Waals surface area (Å²) in [5, 5.41) is 3.33. The van der Waals surface area contributed by atoms with Gasteiger partial charge >= 0.3 is 5.97 Å². The van der Waals surface area contributed by atoms with E-state index in [0.29, 0.717) is 23.1 Å². The molecule has 3 rings (SSSR count). The SMILES string of the molecule is CC(OC(=O)Cc1ccc(Cl)cc1)C(=O)NCc1ccc2c(c1)OCO2. The second-order valence-electron chi connectivity index (χ2n) is 5.84. The number of rotatable bonds is 6. The van der Waals surface area contributed by atoms with Crippen molar-refractivity contribution < 1.29 is 23.8 Å². The van der Waals surface area contributed by atoms with Crippen LogP contribution in [0.25, 0.3) is 0 Å². The number of benzene rings is 2. The lowest BCUT2D eigenvalue weighted by Gasteiger charge is -2.14. The van der Waals surface area contributed by atoms with E-state index in [0.717, 1.165) is 11.1 Å². The zero-order valence-corrected chi connectivity index (χ0v) is 14.9. The van der Waals surface area contributed by atoms with Crippen molar-refractivity contribution in [2.24, 2.45) is 0 Å². The summed E-state index contributed by atoms with van der Waals surface area (Å²) in [6, 6.07) is 12.3. The maximum absolute atomic E-state index is 12.1. The van der Waals surface area contributed by atoms with E-state index in [-0.39, 0.29) is 19.1 Å². The van der Waals surface area contributed by atoms with Gasteiger partial charge in [-0.05, 0) is 42.3 Å². The Hall–Kier alpha value is -2.73. The first-order valence-corrected chi connectivity index (χ1v) is 8.49. The van der Waals surface area contributed by atoms with Gasteiger partial charge < -0.3 is 19.5 Å². The summed E-state index contributed by atoms with van der Waals surface area (Å²) in [5.74, 6) is 0.494. The van der Waals surface area contributed by atoms with Crippen molar-refractivity contribution >= 4 is 23.5 Å². The van der Waals surface area contributed by atoms with E-state index < -0.39 is 12.1 Å². The van der Waals surface area contributed by atoms with Gasteiger partial charge in [0.05, 0.1) is 6.42 Å². The molecule has 1 heterocycles. The molecule has 26 heavy (non-hydrogen) atoms. The van der Waals surface area contributed by atoms with Crippen LogP contribution in [0.2, 0.25) is 5.02 Å². The summed E-state index contributed by atoms with van der Waals surface area (Å²) in [6.07, 6.45) is -0.805. The Balaban J connectivity index is 1.46. The van der Waals surface area contributed by atoms with Gasteiger partial charge in [-0.2, -0.15) is 0 Å². The lowest BCUT2D eigenvalue weighted by atomic mass is 10.1. The van der Waals surface area contributed by atoms with Crippen molar-refractivity contribution in [2.45, 2.75) is 26.0 Å². The Morgan fingerprint density at radius 2 is 1.81 bits per heavy atom. The second-order valence-corrected chi connectivity index (χ2v) is 6.28. The molecule has 1 unspecified atom stereocenters. The van der Waals surface area contributed by atoms with Gasteiger partial charge in [0, 0.05) is 11.6 Å². The first-order valence-electron chi connectivity index (χ1n) is 8.11. The predicted molar refractivity (Wildman–Crippen MR) is 95.1 cm³/mol. The van der Waals surface area contributed by atoms with Crippen LogP contribution in [-0.4, -0.2) is 24.8 Å². The van der Waals surface area contributed by atoms with Gasteiger partial charge in [-0.1, -0.05) is 29.8 Å². The minimum atomic E-state index is -0.885. The van der Waals surface area contributed by atoms with Crippen LogP contribution >= 0.6 is 11.6 Å². The molecule has 1 aliphatic heterocycles. The molecule has 0 bridgehead atoms. The molecule has 7 heteroatoms. The summed E-state index contributed by atoms with van der Waals surface area (Å²) in [4.78, 5) is 24.1. The smallest absolute Gasteiger partial charge is 0.311 e. The largest absolute Gasteiger partial charge is 0.454 e. The average molecular weight is 376 g/mol. The molecule has 1 aliphatic rings. The lowest BCUT2D eigenvalue weighted by Crippen LogP contribution is -2.35. The van der Waals surface area contributed by atoms with Gasteiger partial charge in [-0.25, -0.2) is 0 Å². The summed E-state index contributed by atoms with van der Waals surface area (Å²) in [7, 11) is 0. The highest BCUT2D eigenvalue weighted by molar-refractivity contribution is 6.30. The normalized spacial score (nSPS) is 13.2. The fourth-order valence-electron chi connectivity index (χ4n) is 2.45. The molecule has 2 aromatic carbocycles. The van der Waals surface area contributed by atoms with Crippen molar-refractivity contribution in [3.05, 3.63) is 58.6 Å². The minimum absolute atomic E-state index is 0.0803. The van der Waals surface area contributed by atoms with Crippen LogP contribution in [-0.2, 0) is 27.3 Å². The van der Waals surface area contributed by atoms with Crippen molar-refractivity contribution in [1.82, 2.24) is 5.32 Å². The van der Waals surface area contributed by atoms with Gasteiger partial charge in [-0.15, -0.1) is 0 Å². The monoisotopic (exact) mass is 375 g/mol. The summed E-state index contributed by atoms with van der Waals surface area (Å²) in [6.45, 7) is 2.04. The van der Waals surface area contributed by atoms with Crippen molar-refractivity contribution in [2.75, 3.05) is 6.79 Å². The van der Waals surface area contributed by atoms with E-state index in [2.05, 4.69) is 5.32 Å². The van der Waals surface area contributed by atoms with Gasteiger partial charge in [0.15, 0.2) is 17.6 Å².